The van der Waals surface area contributed by atoms with Gasteiger partial charge in [0.15, 0.2) is 6.61 Å². The van der Waals surface area contributed by atoms with Gasteiger partial charge < -0.3 is 14.2 Å². The van der Waals surface area contributed by atoms with Crippen LogP contribution in [0, 0.1) is 18.7 Å². The normalized spacial score (nSPS) is 19.8. The second kappa shape index (κ2) is 7.09. The molecule has 1 atom stereocenters. The molecule has 6 heteroatoms. The highest BCUT2D eigenvalue weighted by Gasteiger charge is 2.31. The van der Waals surface area contributed by atoms with Gasteiger partial charge in [0.2, 0.25) is 0 Å². The Hall–Kier alpha value is -2.37. The molecule has 4 rings (SSSR count). The highest BCUT2D eigenvalue weighted by Crippen LogP contribution is 2.40. The summed E-state index contributed by atoms with van der Waals surface area (Å²) in [6.45, 7) is 4.56. The molecule has 0 bridgehead atoms. The van der Waals surface area contributed by atoms with E-state index < -0.39 is 0 Å². The molecule has 2 aromatic rings. The summed E-state index contributed by atoms with van der Waals surface area (Å²) < 4.78 is 20.7. The minimum Gasteiger partial charge on any atom is -0.484 e. The molecule has 1 aromatic carbocycles. The summed E-state index contributed by atoms with van der Waals surface area (Å²) in [5.74, 6) is 2.49. The van der Waals surface area contributed by atoms with E-state index in [-0.39, 0.29) is 18.3 Å². The van der Waals surface area contributed by atoms with Crippen molar-refractivity contribution in [3.63, 3.8) is 0 Å². The van der Waals surface area contributed by atoms with Gasteiger partial charge in [-0.2, -0.15) is 0 Å². The molecule has 0 radical (unpaired) electrons. The van der Waals surface area contributed by atoms with Crippen molar-refractivity contribution in [2.24, 2.45) is 5.92 Å². The fourth-order valence-corrected chi connectivity index (χ4v) is 3.62. The minimum absolute atomic E-state index is 0.00419. The maximum absolute atomic E-state index is 12.9. The van der Waals surface area contributed by atoms with Crippen LogP contribution >= 0.6 is 0 Å². The van der Waals surface area contributed by atoms with E-state index in [1.54, 1.807) is 0 Å². The van der Waals surface area contributed by atoms with Crippen LogP contribution in [0.25, 0.3) is 0 Å². The van der Waals surface area contributed by atoms with Crippen LogP contribution in [0.3, 0.4) is 0 Å². The van der Waals surface area contributed by atoms with Crippen molar-refractivity contribution >= 4 is 5.91 Å². The van der Waals surface area contributed by atoms with Crippen molar-refractivity contribution in [3.05, 3.63) is 47.8 Å². The van der Waals surface area contributed by atoms with Gasteiger partial charge in [0.25, 0.3) is 5.91 Å². The van der Waals surface area contributed by atoms with Crippen molar-refractivity contribution in [2.75, 3.05) is 19.7 Å². The molecule has 1 saturated carbocycles. The molecule has 2 aliphatic rings. The topological polar surface area (TPSA) is 47.4 Å². The molecule has 26 heavy (non-hydrogen) atoms. The van der Waals surface area contributed by atoms with E-state index in [9.17, 15) is 9.18 Å². The van der Waals surface area contributed by atoms with Gasteiger partial charge in [0.1, 0.15) is 17.4 Å². The number of rotatable bonds is 6. The molecular weight excluding hydrogens is 333 g/mol. The van der Waals surface area contributed by atoms with Crippen LogP contribution in [-0.4, -0.2) is 40.1 Å². The van der Waals surface area contributed by atoms with Gasteiger partial charge in [0.05, 0.1) is 0 Å². The second-order valence-corrected chi connectivity index (χ2v) is 7.38. The van der Waals surface area contributed by atoms with Gasteiger partial charge in [-0.3, -0.25) is 4.79 Å². The number of benzene rings is 1. The summed E-state index contributed by atoms with van der Waals surface area (Å²) in [6.07, 6.45) is 5.45. The van der Waals surface area contributed by atoms with Crippen LogP contribution < -0.4 is 4.74 Å². The molecule has 0 N–H and O–H groups in total. The number of halogens is 1. The lowest BCUT2D eigenvalue weighted by atomic mass is 10.1. The first-order valence-electron chi connectivity index (χ1n) is 9.28. The number of aromatic nitrogens is 2. The third-order valence-electron chi connectivity index (χ3n) is 5.28. The van der Waals surface area contributed by atoms with E-state index in [2.05, 4.69) is 16.5 Å². The largest absolute Gasteiger partial charge is 0.484 e. The minimum atomic E-state index is -0.313. The number of hydrogen-bond donors (Lipinski definition) is 0. The fourth-order valence-electron chi connectivity index (χ4n) is 3.62. The van der Waals surface area contributed by atoms with Crippen LogP contribution in [0.4, 0.5) is 4.39 Å². The Morgan fingerprint density at radius 2 is 2.04 bits per heavy atom. The number of hydrogen-bond acceptors (Lipinski definition) is 3. The van der Waals surface area contributed by atoms with Gasteiger partial charge in [-0.15, -0.1) is 0 Å². The van der Waals surface area contributed by atoms with Crippen LogP contribution in [0.2, 0.25) is 0 Å². The van der Waals surface area contributed by atoms with Crippen molar-refractivity contribution in [3.8, 4) is 5.75 Å². The zero-order valence-corrected chi connectivity index (χ0v) is 15.0. The first kappa shape index (κ1) is 17.1. The van der Waals surface area contributed by atoms with Gasteiger partial charge >= 0.3 is 0 Å². The zero-order valence-electron chi connectivity index (χ0n) is 15.0. The van der Waals surface area contributed by atoms with Crippen LogP contribution in [-0.2, 0) is 11.3 Å². The molecule has 2 heterocycles. The van der Waals surface area contributed by atoms with E-state index in [0.717, 1.165) is 26.1 Å². The predicted molar refractivity (Wildman–Crippen MR) is 95.5 cm³/mol. The summed E-state index contributed by atoms with van der Waals surface area (Å²) in [6, 6.07) is 5.74. The maximum Gasteiger partial charge on any atom is 0.260 e. The lowest BCUT2D eigenvalue weighted by Crippen LogP contribution is -2.33. The van der Waals surface area contributed by atoms with Crippen molar-refractivity contribution in [1.29, 1.82) is 0 Å². The molecule has 5 nitrogen and oxygen atoms in total. The quantitative estimate of drug-likeness (QED) is 0.798. The highest BCUT2D eigenvalue weighted by molar-refractivity contribution is 5.78. The fraction of sp³-hybridized carbons (Fsp3) is 0.500. The number of carbonyl (C=O) groups excluding carboxylic acids is 1. The first-order chi connectivity index (χ1) is 12.6. The number of ether oxygens (including phenoxy) is 1. The zero-order chi connectivity index (χ0) is 18.1. The summed E-state index contributed by atoms with van der Waals surface area (Å²) in [7, 11) is 0. The van der Waals surface area contributed by atoms with Gasteiger partial charge in [-0.05, 0) is 56.4 Å². The standard InChI is InChI=1S/C20H24FN3O2/c1-14-10-22-20(16-2-3-16)24(14)12-15-8-9-23(11-15)19(25)13-26-18-6-4-17(21)5-7-18/h4-7,10,15-16H,2-3,8-9,11-13H2,1H3. The van der Waals surface area contributed by atoms with E-state index in [1.165, 1.54) is 48.6 Å². The van der Waals surface area contributed by atoms with Crippen LogP contribution in [0.5, 0.6) is 5.75 Å². The monoisotopic (exact) mass is 357 g/mol. The predicted octanol–water partition coefficient (Wildman–Crippen LogP) is 3.14. The number of nitrogens with zero attached hydrogens (tertiary/aromatic N) is 3. The van der Waals surface area contributed by atoms with E-state index in [4.69, 9.17) is 4.74 Å². The van der Waals surface area contributed by atoms with Crippen LogP contribution in [0.15, 0.2) is 30.5 Å². The van der Waals surface area contributed by atoms with Crippen molar-refractivity contribution in [2.45, 2.75) is 38.6 Å². The Bertz CT molecular complexity index is 783. The third kappa shape index (κ3) is 3.74. The number of aryl methyl sites for hydroxylation is 1. The summed E-state index contributed by atoms with van der Waals surface area (Å²) >= 11 is 0. The molecule has 1 amide bonds. The lowest BCUT2D eigenvalue weighted by molar-refractivity contribution is -0.132. The van der Waals surface area contributed by atoms with E-state index in [1.807, 2.05) is 11.1 Å². The Morgan fingerprint density at radius 1 is 1.27 bits per heavy atom. The van der Waals surface area contributed by atoms with Gasteiger partial charge in [-0.1, -0.05) is 0 Å². The van der Waals surface area contributed by atoms with E-state index >= 15 is 0 Å². The number of likely N-dealkylation sites (tertiary alicyclic amines) is 1. The summed E-state index contributed by atoms with van der Waals surface area (Å²) in [5.41, 5.74) is 1.20. The molecular formula is C20H24FN3O2. The molecule has 0 spiro atoms. The maximum atomic E-state index is 12.9. The molecule has 1 saturated heterocycles. The van der Waals surface area contributed by atoms with Crippen molar-refractivity contribution < 1.29 is 13.9 Å². The molecule has 1 aromatic heterocycles. The Kier molecular flexibility index (Phi) is 4.66. The molecule has 1 aliphatic heterocycles. The third-order valence-corrected chi connectivity index (χ3v) is 5.28. The van der Waals surface area contributed by atoms with Gasteiger partial charge in [0, 0.05) is 37.4 Å². The average molecular weight is 357 g/mol. The molecule has 1 unspecified atom stereocenters. The number of carbonyl (C=O) groups is 1. The summed E-state index contributed by atoms with van der Waals surface area (Å²) in [5, 5.41) is 0. The number of amides is 1. The van der Waals surface area contributed by atoms with Gasteiger partial charge in [-0.25, -0.2) is 9.37 Å². The number of imidazole rings is 1. The molecule has 2 fully saturated rings. The average Bonchev–Trinajstić information content (AvgIpc) is 3.27. The molecule has 138 valence electrons. The SMILES string of the molecule is Cc1cnc(C2CC2)n1CC1CCN(C(=O)COc2ccc(F)cc2)C1. The van der Waals surface area contributed by atoms with Crippen molar-refractivity contribution in [1.82, 2.24) is 14.5 Å². The van der Waals surface area contributed by atoms with E-state index in [0.29, 0.717) is 17.6 Å². The Balaban J connectivity index is 1.30. The molecule has 1 aliphatic carbocycles. The second-order valence-electron chi connectivity index (χ2n) is 7.38. The smallest absolute Gasteiger partial charge is 0.260 e. The Morgan fingerprint density at radius 3 is 2.77 bits per heavy atom. The Labute approximate surface area is 152 Å². The van der Waals surface area contributed by atoms with Crippen LogP contribution in [0.1, 0.15) is 36.7 Å². The lowest BCUT2D eigenvalue weighted by Gasteiger charge is -2.18. The summed E-state index contributed by atoms with van der Waals surface area (Å²) in [4.78, 5) is 18.8. The first-order valence-corrected chi connectivity index (χ1v) is 9.28. The highest BCUT2D eigenvalue weighted by atomic mass is 19.1.